The van der Waals surface area contributed by atoms with Crippen LogP contribution in [0.1, 0.15) is 25.3 Å². The van der Waals surface area contributed by atoms with Crippen molar-refractivity contribution in [3.05, 3.63) is 34.4 Å². The Morgan fingerprint density at radius 1 is 1.29 bits per heavy atom. The molecular formula is C20H29BrN6O3S. The summed E-state index contributed by atoms with van der Waals surface area (Å²) in [4.78, 5) is 11.1. The Bertz CT molecular complexity index is 998. The maximum atomic E-state index is 12.9. The molecule has 3 rings (SSSR count). The summed E-state index contributed by atoms with van der Waals surface area (Å²) in [6.45, 7) is 6.72. The SMILES string of the molecule is Cc1ccc(Nc2ncc(Br)c(N[C@H](C)CO)n2)cc1S(=O)(=O)NCCN1CCCC1. The van der Waals surface area contributed by atoms with Gasteiger partial charge in [0.25, 0.3) is 0 Å². The second-order valence-electron chi connectivity index (χ2n) is 7.67. The van der Waals surface area contributed by atoms with E-state index in [9.17, 15) is 13.5 Å². The lowest BCUT2D eigenvalue weighted by atomic mass is 10.2. The van der Waals surface area contributed by atoms with Crippen LogP contribution < -0.4 is 15.4 Å². The number of aliphatic hydroxyl groups is 1. The zero-order chi connectivity index (χ0) is 22.4. The molecule has 1 atom stereocenters. The van der Waals surface area contributed by atoms with Crippen LogP contribution in [0.25, 0.3) is 0 Å². The van der Waals surface area contributed by atoms with E-state index in [1.165, 1.54) is 12.8 Å². The molecule has 2 aromatic rings. The predicted molar refractivity (Wildman–Crippen MR) is 125 cm³/mol. The van der Waals surface area contributed by atoms with Crippen LogP contribution in [0.3, 0.4) is 0 Å². The number of hydrogen-bond donors (Lipinski definition) is 4. The molecule has 1 aliphatic heterocycles. The Morgan fingerprint density at radius 2 is 2.03 bits per heavy atom. The van der Waals surface area contributed by atoms with Gasteiger partial charge < -0.3 is 20.6 Å². The molecule has 0 saturated carbocycles. The molecule has 1 fully saturated rings. The average molecular weight is 513 g/mol. The number of sulfonamides is 1. The van der Waals surface area contributed by atoms with Gasteiger partial charge >= 0.3 is 0 Å². The van der Waals surface area contributed by atoms with Gasteiger partial charge in [-0.25, -0.2) is 18.1 Å². The van der Waals surface area contributed by atoms with Crippen LogP contribution in [0.5, 0.6) is 0 Å². The van der Waals surface area contributed by atoms with E-state index in [4.69, 9.17) is 0 Å². The summed E-state index contributed by atoms with van der Waals surface area (Å²) in [7, 11) is -3.64. The molecule has 0 amide bonds. The van der Waals surface area contributed by atoms with E-state index >= 15 is 0 Å². The minimum atomic E-state index is -3.64. The number of nitrogens with zero attached hydrogens (tertiary/aromatic N) is 3. The summed E-state index contributed by atoms with van der Waals surface area (Å²) in [5, 5.41) is 15.4. The number of aryl methyl sites for hydroxylation is 1. The summed E-state index contributed by atoms with van der Waals surface area (Å²) >= 11 is 3.38. The van der Waals surface area contributed by atoms with Crippen molar-refractivity contribution in [3.63, 3.8) is 0 Å². The molecule has 31 heavy (non-hydrogen) atoms. The van der Waals surface area contributed by atoms with Crippen molar-refractivity contribution in [1.29, 1.82) is 0 Å². The third-order valence-corrected chi connectivity index (χ3v) is 7.24. The molecule has 9 nitrogen and oxygen atoms in total. The first-order valence-corrected chi connectivity index (χ1v) is 12.6. The van der Waals surface area contributed by atoms with Gasteiger partial charge in [-0.2, -0.15) is 4.98 Å². The fourth-order valence-corrected chi connectivity index (χ4v) is 4.92. The largest absolute Gasteiger partial charge is 0.394 e. The maximum absolute atomic E-state index is 12.9. The van der Waals surface area contributed by atoms with Crippen molar-refractivity contribution in [1.82, 2.24) is 19.6 Å². The number of likely N-dealkylation sites (tertiary alicyclic amines) is 1. The summed E-state index contributed by atoms with van der Waals surface area (Å²) in [6, 6.07) is 4.95. The highest BCUT2D eigenvalue weighted by molar-refractivity contribution is 9.10. The van der Waals surface area contributed by atoms with Crippen LogP contribution in [-0.4, -0.2) is 67.2 Å². The Hall–Kier alpha value is -1.79. The quantitative estimate of drug-likeness (QED) is 0.383. The molecule has 170 valence electrons. The Kier molecular flexibility index (Phi) is 8.23. The number of hydrogen-bond acceptors (Lipinski definition) is 8. The fourth-order valence-electron chi connectivity index (χ4n) is 3.33. The molecule has 2 heterocycles. The van der Waals surface area contributed by atoms with Crippen LogP contribution in [0.2, 0.25) is 0 Å². The monoisotopic (exact) mass is 512 g/mol. The van der Waals surface area contributed by atoms with E-state index in [2.05, 4.69) is 46.2 Å². The van der Waals surface area contributed by atoms with Crippen LogP contribution in [0.15, 0.2) is 33.8 Å². The normalized spacial score (nSPS) is 15.7. The van der Waals surface area contributed by atoms with Gasteiger partial charge in [-0.05, 0) is 73.4 Å². The molecule has 0 unspecified atom stereocenters. The van der Waals surface area contributed by atoms with Gasteiger partial charge in [-0.3, -0.25) is 0 Å². The number of anilines is 3. The molecule has 1 aromatic carbocycles. The van der Waals surface area contributed by atoms with Crippen molar-refractivity contribution >= 4 is 43.4 Å². The minimum absolute atomic E-state index is 0.0385. The van der Waals surface area contributed by atoms with Crippen LogP contribution in [-0.2, 0) is 10.0 Å². The first-order chi connectivity index (χ1) is 14.8. The van der Waals surface area contributed by atoms with E-state index in [1.54, 1.807) is 31.3 Å². The lowest BCUT2D eigenvalue weighted by molar-refractivity contribution is 0.281. The lowest BCUT2D eigenvalue weighted by Crippen LogP contribution is -2.33. The molecule has 1 aliphatic rings. The van der Waals surface area contributed by atoms with Gasteiger partial charge in [0, 0.05) is 31.0 Å². The molecule has 0 radical (unpaired) electrons. The Balaban J connectivity index is 1.72. The van der Waals surface area contributed by atoms with E-state index in [0.717, 1.165) is 13.1 Å². The highest BCUT2D eigenvalue weighted by Crippen LogP contribution is 2.25. The highest BCUT2D eigenvalue weighted by Gasteiger charge is 2.19. The molecule has 11 heteroatoms. The standard InChI is InChI=1S/C20H29BrN6O3S/c1-14-5-6-16(25-20-22-12-17(21)19(26-20)24-15(2)13-28)11-18(14)31(29,30)23-7-10-27-8-3-4-9-27/h5-6,11-12,15,23,28H,3-4,7-10,13H2,1-2H3,(H2,22,24,25,26)/t15-/m1/s1. The predicted octanol–water partition coefficient (Wildman–Crippen LogP) is 2.46. The van der Waals surface area contributed by atoms with E-state index in [1.807, 2.05) is 6.92 Å². The first kappa shape index (κ1) is 23.9. The van der Waals surface area contributed by atoms with Crippen LogP contribution >= 0.6 is 15.9 Å². The number of aromatic nitrogens is 2. The van der Waals surface area contributed by atoms with Gasteiger partial charge in [0.15, 0.2) is 0 Å². The molecule has 0 spiro atoms. The van der Waals surface area contributed by atoms with Crippen molar-refractivity contribution in [2.24, 2.45) is 0 Å². The topological polar surface area (TPSA) is 119 Å². The third kappa shape index (κ3) is 6.59. The fraction of sp³-hybridized carbons (Fsp3) is 0.500. The smallest absolute Gasteiger partial charge is 0.240 e. The van der Waals surface area contributed by atoms with E-state index in [-0.39, 0.29) is 17.5 Å². The van der Waals surface area contributed by atoms with Crippen molar-refractivity contribution < 1.29 is 13.5 Å². The molecule has 0 aliphatic carbocycles. The number of benzene rings is 1. The molecule has 1 saturated heterocycles. The summed E-state index contributed by atoms with van der Waals surface area (Å²) in [5.41, 5.74) is 1.23. The van der Waals surface area contributed by atoms with Gasteiger partial charge in [0.2, 0.25) is 16.0 Å². The zero-order valence-electron chi connectivity index (χ0n) is 17.7. The van der Waals surface area contributed by atoms with Gasteiger partial charge in [-0.1, -0.05) is 6.07 Å². The minimum Gasteiger partial charge on any atom is -0.394 e. The third-order valence-electron chi connectivity index (χ3n) is 5.05. The van der Waals surface area contributed by atoms with Gasteiger partial charge in [0.05, 0.1) is 16.0 Å². The Labute approximate surface area is 191 Å². The van der Waals surface area contributed by atoms with Crippen LogP contribution in [0, 0.1) is 6.92 Å². The van der Waals surface area contributed by atoms with E-state index in [0.29, 0.717) is 40.6 Å². The van der Waals surface area contributed by atoms with Crippen molar-refractivity contribution in [3.8, 4) is 0 Å². The zero-order valence-corrected chi connectivity index (χ0v) is 20.1. The number of halogens is 1. The van der Waals surface area contributed by atoms with Crippen molar-refractivity contribution in [2.45, 2.75) is 37.6 Å². The molecular weight excluding hydrogens is 484 g/mol. The van der Waals surface area contributed by atoms with Crippen LogP contribution in [0.4, 0.5) is 17.5 Å². The molecule has 0 bridgehead atoms. The molecule has 1 aromatic heterocycles. The number of aliphatic hydroxyl groups excluding tert-OH is 1. The number of rotatable bonds is 10. The second-order valence-corrected chi connectivity index (χ2v) is 10.3. The first-order valence-electron chi connectivity index (χ1n) is 10.3. The summed E-state index contributed by atoms with van der Waals surface area (Å²) in [6.07, 6.45) is 3.94. The lowest BCUT2D eigenvalue weighted by Gasteiger charge is -2.16. The highest BCUT2D eigenvalue weighted by atomic mass is 79.9. The van der Waals surface area contributed by atoms with Gasteiger partial charge in [-0.15, -0.1) is 0 Å². The second kappa shape index (κ2) is 10.7. The Morgan fingerprint density at radius 3 is 2.74 bits per heavy atom. The van der Waals surface area contributed by atoms with E-state index < -0.39 is 10.0 Å². The maximum Gasteiger partial charge on any atom is 0.240 e. The summed E-state index contributed by atoms with van der Waals surface area (Å²) < 4.78 is 29.1. The average Bonchev–Trinajstić information content (AvgIpc) is 3.25. The van der Waals surface area contributed by atoms with Crippen molar-refractivity contribution in [2.75, 3.05) is 43.4 Å². The summed E-state index contributed by atoms with van der Waals surface area (Å²) in [5.74, 6) is 0.840. The number of nitrogens with one attached hydrogen (secondary N) is 3. The van der Waals surface area contributed by atoms with Gasteiger partial charge in [0.1, 0.15) is 5.82 Å². The molecule has 4 N–H and O–H groups in total.